The quantitative estimate of drug-likeness (QED) is 0.622. The van der Waals surface area contributed by atoms with Crippen LogP contribution in [0.15, 0.2) is 52.6 Å². The van der Waals surface area contributed by atoms with Gasteiger partial charge in [-0.15, -0.1) is 11.3 Å². The number of benzene rings is 1. The Labute approximate surface area is 167 Å². The topological polar surface area (TPSA) is 51.5 Å². The number of aromatic nitrogens is 1. The molecule has 0 radical (unpaired) electrons. The first kappa shape index (κ1) is 18.7. The van der Waals surface area contributed by atoms with Crippen molar-refractivity contribution in [2.45, 2.75) is 13.0 Å². The molecule has 0 saturated heterocycles. The van der Waals surface area contributed by atoms with Crippen molar-refractivity contribution in [3.8, 4) is 21.7 Å². The Morgan fingerprint density at radius 2 is 2.00 bits per heavy atom. The van der Waals surface area contributed by atoms with Gasteiger partial charge in [0.1, 0.15) is 6.61 Å². The highest BCUT2D eigenvalue weighted by atomic mass is 32.1. The Morgan fingerprint density at radius 3 is 2.75 bits per heavy atom. The average molecular weight is 394 g/mol. The minimum Gasteiger partial charge on any atom is -0.461 e. The Balaban J connectivity index is 1.86. The molecule has 0 saturated carbocycles. The lowest BCUT2D eigenvalue weighted by atomic mass is 9.98. The van der Waals surface area contributed by atoms with E-state index in [1.807, 2.05) is 54.7 Å². The van der Waals surface area contributed by atoms with Gasteiger partial charge < -0.3 is 14.2 Å². The molecule has 0 bridgehead atoms. The van der Waals surface area contributed by atoms with Crippen molar-refractivity contribution in [3.05, 3.63) is 69.3 Å². The molecule has 1 aromatic carbocycles. The van der Waals surface area contributed by atoms with E-state index >= 15 is 0 Å². The first-order valence-corrected chi connectivity index (χ1v) is 10.2. The highest BCUT2D eigenvalue weighted by Gasteiger charge is 2.27. The summed E-state index contributed by atoms with van der Waals surface area (Å²) in [6, 6.07) is 13.3. The number of ether oxygens (including phenoxy) is 1. The van der Waals surface area contributed by atoms with Crippen LogP contribution in [0.2, 0.25) is 0 Å². The standard InChI is InChI=1S/C22H22N2O3S/c1-23(2)11-12-27-22(26)18-14-17(15-6-4-3-5-7-15)21(25)24-10-8-16-9-13-28-20(16)19(18)24/h3-7,9,13-14H,8,10-12H2,1-2H3. The van der Waals surface area contributed by atoms with Crippen LogP contribution in [0.3, 0.4) is 0 Å². The predicted molar refractivity (Wildman–Crippen MR) is 112 cm³/mol. The number of thiophene rings is 1. The van der Waals surface area contributed by atoms with E-state index in [2.05, 4.69) is 6.07 Å². The Morgan fingerprint density at radius 1 is 1.21 bits per heavy atom. The van der Waals surface area contributed by atoms with Gasteiger partial charge in [0.2, 0.25) is 0 Å². The van der Waals surface area contributed by atoms with E-state index in [4.69, 9.17) is 4.74 Å². The predicted octanol–water partition coefficient (Wildman–Crippen LogP) is 3.52. The van der Waals surface area contributed by atoms with Crippen molar-refractivity contribution in [2.75, 3.05) is 27.2 Å². The van der Waals surface area contributed by atoms with Gasteiger partial charge in [0, 0.05) is 18.7 Å². The Kier molecular flexibility index (Phi) is 5.15. The summed E-state index contributed by atoms with van der Waals surface area (Å²) in [6.45, 7) is 1.52. The highest BCUT2D eigenvalue weighted by molar-refractivity contribution is 7.13. The molecular formula is C22H22N2O3S. The number of fused-ring (bicyclic) bond motifs is 3. The van der Waals surface area contributed by atoms with Crippen molar-refractivity contribution < 1.29 is 9.53 Å². The molecule has 0 N–H and O–H groups in total. The number of hydrogen-bond donors (Lipinski definition) is 0. The van der Waals surface area contributed by atoms with E-state index in [0.29, 0.717) is 36.5 Å². The number of hydrogen-bond acceptors (Lipinski definition) is 5. The number of likely N-dealkylation sites (N-methyl/N-ethyl adjacent to an activating group) is 1. The largest absolute Gasteiger partial charge is 0.461 e. The van der Waals surface area contributed by atoms with E-state index in [1.165, 1.54) is 5.56 Å². The molecule has 5 nitrogen and oxygen atoms in total. The van der Waals surface area contributed by atoms with Crippen molar-refractivity contribution in [3.63, 3.8) is 0 Å². The fraction of sp³-hybridized carbons (Fsp3) is 0.273. The normalized spacial score (nSPS) is 12.5. The summed E-state index contributed by atoms with van der Waals surface area (Å²) in [7, 11) is 3.87. The molecule has 1 aliphatic heterocycles. The van der Waals surface area contributed by atoms with Gasteiger partial charge in [0.25, 0.3) is 5.56 Å². The number of pyridine rings is 1. The average Bonchev–Trinajstić information content (AvgIpc) is 3.17. The fourth-order valence-corrected chi connectivity index (χ4v) is 4.50. The summed E-state index contributed by atoms with van der Waals surface area (Å²) < 4.78 is 7.28. The van der Waals surface area contributed by atoms with Gasteiger partial charge >= 0.3 is 5.97 Å². The molecule has 3 heterocycles. The van der Waals surface area contributed by atoms with E-state index in [9.17, 15) is 9.59 Å². The van der Waals surface area contributed by atoms with Gasteiger partial charge in [-0.25, -0.2) is 4.79 Å². The maximum absolute atomic E-state index is 13.2. The molecule has 6 heteroatoms. The lowest BCUT2D eigenvalue weighted by Crippen LogP contribution is -2.30. The van der Waals surface area contributed by atoms with Crippen LogP contribution in [0.5, 0.6) is 0 Å². The monoisotopic (exact) mass is 394 g/mol. The number of aryl methyl sites for hydroxylation is 1. The molecule has 28 heavy (non-hydrogen) atoms. The fourth-order valence-electron chi connectivity index (χ4n) is 3.48. The zero-order chi connectivity index (χ0) is 19.7. The Bertz CT molecular complexity index is 1070. The molecule has 1 aliphatic rings. The molecule has 144 valence electrons. The number of nitrogens with zero attached hydrogens (tertiary/aromatic N) is 2. The first-order valence-electron chi connectivity index (χ1n) is 9.28. The maximum Gasteiger partial charge on any atom is 0.340 e. The van der Waals surface area contributed by atoms with Crippen molar-refractivity contribution in [1.29, 1.82) is 0 Å². The second kappa shape index (κ2) is 7.73. The van der Waals surface area contributed by atoms with Crippen LogP contribution >= 0.6 is 11.3 Å². The molecule has 0 aliphatic carbocycles. The van der Waals surface area contributed by atoms with Crippen LogP contribution in [-0.2, 0) is 17.7 Å². The summed E-state index contributed by atoms with van der Waals surface area (Å²) in [5.74, 6) is -0.385. The van der Waals surface area contributed by atoms with E-state index in [1.54, 1.807) is 22.0 Å². The van der Waals surface area contributed by atoms with Gasteiger partial charge in [-0.05, 0) is 49.2 Å². The third kappa shape index (κ3) is 3.41. The van der Waals surface area contributed by atoms with Crippen LogP contribution in [0.4, 0.5) is 0 Å². The zero-order valence-electron chi connectivity index (χ0n) is 16.0. The second-order valence-electron chi connectivity index (χ2n) is 7.11. The molecule has 3 aromatic rings. The smallest absolute Gasteiger partial charge is 0.340 e. The summed E-state index contributed by atoms with van der Waals surface area (Å²) in [5.41, 5.74) is 3.60. The SMILES string of the molecule is CN(C)CCOC(=O)c1cc(-c2ccccc2)c(=O)n2c1-c1sccc1CC2. The van der Waals surface area contributed by atoms with E-state index < -0.39 is 0 Å². The molecule has 4 rings (SSSR count). The van der Waals surface area contributed by atoms with Crippen molar-refractivity contribution in [2.24, 2.45) is 0 Å². The van der Waals surface area contributed by atoms with E-state index in [0.717, 1.165) is 16.9 Å². The minimum absolute atomic E-state index is 0.0647. The maximum atomic E-state index is 13.2. The molecule has 0 amide bonds. The Hall–Kier alpha value is -2.70. The minimum atomic E-state index is -0.385. The number of rotatable bonds is 5. The number of carbonyl (C=O) groups is 1. The summed E-state index contributed by atoms with van der Waals surface area (Å²) in [6.07, 6.45) is 0.791. The van der Waals surface area contributed by atoms with Crippen LogP contribution in [-0.4, -0.2) is 42.7 Å². The summed E-state index contributed by atoms with van der Waals surface area (Å²) in [5, 5.41) is 2.01. The molecule has 0 spiro atoms. The second-order valence-corrected chi connectivity index (χ2v) is 8.02. The van der Waals surface area contributed by atoms with Crippen LogP contribution < -0.4 is 5.56 Å². The molecule has 0 fully saturated rings. The third-order valence-corrected chi connectivity index (χ3v) is 5.90. The van der Waals surface area contributed by atoms with Gasteiger partial charge in [-0.2, -0.15) is 0 Å². The lowest BCUT2D eigenvalue weighted by molar-refractivity contribution is 0.0482. The molecule has 0 unspecified atom stereocenters. The van der Waals surface area contributed by atoms with Gasteiger partial charge in [0.15, 0.2) is 0 Å². The lowest BCUT2D eigenvalue weighted by Gasteiger charge is -2.23. The third-order valence-electron chi connectivity index (χ3n) is 4.93. The zero-order valence-corrected chi connectivity index (χ0v) is 16.8. The summed E-state index contributed by atoms with van der Waals surface area (Å²) >= 11 is 1.56. The van der Waals surface area contributed by atoms with Gasteiger partial charge in [-0.3, -0.25) is 4.79 Å². The number of esters is 1. The molecule has 2 aromatic heterocycles. The van der Waals surface area contributed by atoms with Crippen LogP contribution in [0.25, 0.3) is 21.7 Å². The summed E-state index contributed by atoms with van der Waals surface area (Å²) in [4.78, 5) is 29.2. The van der Waals surface area contributed by atoms with Gasteiger partial charge in [-0.1, -0.05) is 30.3 Å². The molecule has 0 atom stereocenters. The highest BCUT2D eigenvalue weighted by Crippen LogP contribution is 2.37. The van der Waals surface area contributed by atoms with Gasteiger partial charge in [0.05, 0.1) is 16.1 Å². The van der Waals surface area contributed by atoms with Crippen LogP contribution in [0, 0.1) is 0 Å². The van der Waals surface area contributed by atoms with Crippen molar-refractivity contribution in [1.82, 2.24) is 9.47 Å². The first-order chi connectivity index (χ1) is 13.6. The number of carbonyl (C=O) groups excluding carboxylic acids is 1. The van der Waals surface area contributed by atoms with E-state index in [-0.39, 0.29) is 11.5 Å². The molecular weight excluding hydrogens is 372 g/mol. The van der Waals surface area contributed by atoms with Crippen molar-refractivity contribution >= 4 is 17.3 Å². The van der Waals surface area contributed by atoms with Crippen LogP contribution in [0.1, 0.15) is 15.9 Å².